The number of ether oxygens (including phenoxy) is 1. The lowest BCUT2D eigenvalue weighted by molar-refractivity contribution is -0.129. The van der Waals surface area contributed by atoms with Crippen LogP contribution in [-0.2, 0) is 16.1 Å². The van der Waals surface area contributed by atoms with E-state index in [0.29, 0.717) is 6.61 Å². The van der Waals surface area contributed by atoms with Crippen LogP contribution in [0.5, 0.6) is 0 Å². The van der Waals surface area contributed by atoms with E-state index in [9.17, 15) is 4.79 Å². The van der Waals surface area contributed by atoms with E-state index in [0.717, 1.165) is 37.1 Å². The molecule has 1 unspecified atom stereocenters. The summed E-state index contributed by atoms with van der Waals surface area (Å²) in [5, 5.41) is 6.01. The van der Waals surface area contributed by atoms with Gasteiger partial charge in [-0.2, -0.15) is 0 Å². The van der Waals surface area contributed by atoms with E-state index in [-0.39, 0.29) is 12.0 Å². The van der Waals surface area contributed by atoms with Crippen LogP contribution in [0.2, 0.25) is 0 Å². The molecule has 0 aliphatic carbocycles. The maximum Gasteiger partial charge on any atom is 0.253 e. The van der Waals surface area contributed by atoms with Crippen molar-refractivity contribution in [2.75, 3.05) is 19.0 Å². The van der Waals surface area contributed by atoms with E-state index >= 15 is 0 Å². The summed E-state index contributed by atoms with van der Waals surface area (Å²) in [6.45, 7) is 1.49. The van der Waals surface area contributed by atoms with Gasteiger partial charge in [0.2, 0.25) is 0 Å². The van der Waals surface area contributed by atoms with Crippen molar-refractivity contribution in [2.24, 2.45) is 0 Å². The smallest absolute Gasteiger partial charge is 0.253 e. The van der Waals surface area contributed by atoms with Gasteiger partial charge in [0.25, 0.3) is 5.91 Å². The van der Waals surface area contributed by atoms with Crippen LogP contribution < -0.4 is 10.6 Å². The number of hydrogen-bond donors (Lipinski definition) is 2. The molecule has 1 aliphatic rings. The van der Waals surface area contributed by atoms with Crippen LogP contribution in [0.4, 0.5) is 5.69 Å². The Balaban J connectivity index is 1.95. The monoisotopic (exact) mass is 248 g/mol. The third-order valence-electron chi connectivity index (χ3n) is 3.05. The van der Waals surface area contributed by atoms with Gasteiger partial charge in [0, 0.05) is 18.8 Å². The zero-order valence-electron chi connectivity index (χ0n) is 10.7. The summed E-state index contributed by atoms with van der Waals surface area (Å²) in [6.07, 6.45) is 2.66. The Morgan fingerprint density at radius 2 is 2.33 bits per heavy atom. The summed E-state index contributed by atoms with van der Waals surface area (Å²) in [4.78, 5) is 12.0. The third kappa shape index (κ3) is 3.55. The molecule has 1 saturated heterocycles. The highest BCUT2D eigenvalue weighted by atomic mass is 16.5. The average Bonchev–Trinajstić information content (AvgIpc) is 2.40. The first-order valence-electron chi connectivity index (χ1n) is 6.45. The number of nitrogens with one attached hydrogen (secondary N) is 2. The highest BCUT2D eigenvalue weighted by molar-refractivity contribution is 5.94. The lowest BCUT2D eigenvalue weighted by atomic mass is 10.1. The Bertz CT molecular complexity index is 401. The second-order valence-corrected chi connectivity index (χ2v) is 4.58. The summed E-state index contributed by atoms with van der Waals surface area (Å²) in [7, 11) is 1.90. The van der Waals surface area contributed by atoms with Crippen molar-refractivity contribution in [1.82, 2.24) is 5.32 Å². The Hall–Kier alpha value is -1.39. The van der Waals surface area contributed by atoms with Crippen molar-refractivity contribution in [2.45, 2.75) is 31.9 Å². The Kier molecular flexibility index (Phi) is 4.73. The summed E-state index contributed by atoms with van der Waals surface area (Å²) in [6, 6.07) is 7.87. The molecule has 1 aromatic rings. The van der Waals surface area contributed by atoms with Crippen molar-refractivity contribution < 1.29 is 9.53 Å². The molecule has 1 heterocycles. The quantitative estimate of drug-likeness (QED) is 0.856. The van der Waals surface area contributed by atoms with Gasteiger partial charge in [0.05, 0.1) is 0 Å². The first kappa shape index (κ1) is 13.1. The number of rotatable bonds is 4. The topological polar surface area (TPSA) is 50.4 Å². The minimum absolute atomic E-state index is 0.0312. The summed E-state index contributed by atoms with van der Waals surface area (Å²) in [5.74, 6) is -0.0312. The van der Waals surface area contributed by atoms with Gasteiger partial charge >= 0.3 is 0 Å². The second kappa shape index (κ2) is 6.52. The molecule has 1 amide bonds. The number of benzene rings is 1. The van der Waals surface area contributed by atoms with Gasteiger partial charge in [-0.3, -0.25) is 4.79 Å². The minimum Gasteiger partial charge on any atom is -0.368 e. The van der Waals surface area contributed by atoms with Crippen LogP contribution in [0.25, 0.3) is 0 Å². The number of amides is 1. The first-order chi connectivity index (χ1) is 8.79. The summed E-state index contributed by atoms with van der Waals surface area (Å²) >= 11 is 0. The maximum atomic E-state index is 12.0. The molecule has 4 heteroatoms. The van der Waals surface area contributed by atoms with Crippen molar-refractivity contribution in [3.63, 3.8) is 0 Å². The molecule has 1 aliphatic heterocycles. The van der Waals surface area contributed by atoms with E-state index < -0.39 is 0 Å². The summed E-state index contributed by atoms with van der Waals surface area (Å²) < 4.78 is 5.47. The molecular formula is C14H20N2O2. The molecule has 1 fully saturated rings. The second-order valence-electron chi connectivity index (χ2n) is 4.58. The van der Waals surface area contributed by atoms with Crippen molar-refractivity contribution in [3.05, 3.63) is 29.8 Å². The van der Waals surface area contributed by atoms with E-state index in [1.54, 1.807) is 0 Å². The van der Waals surface area contributed by atoms with E-state index in [2.05, 4.69) is 10.6 Å². The molecule has 2 N–H and O–H groups in total. The zero-order valence-corrected chi connectivity index (χ0v) is 10.7. The van der Waals surface area contributed by atoms with Gasteiger partial charge in [0.1, 0.15) is 6.10 Å². The predicted molar refractivity (Wildman–Crippen MR) is 71.4 cm³/mol. The number of carbonyl (C=O) groups excluding carboxylic acids is 1. The van der Waals surface area contributed by atoms with E-state index in [1.807, 2.05) is 31.3 Å². The molecule has 1 atom stereocenters. The van der Waals surface area contributed by atoms with Gasteiger partial charge in [-0.25, -0.2) is 0 Å². The van der Waals surface area contributed by atoms with Crippen LogP contribution in [0, 0.1) is 0 Å². The number of anilines is 1. The van der Waals surface area contributed by atoms with Crippen LogP contribution in [0.1, 0.15) is 24.8 Å². The van der Waals surface area contributed by atoms with Crippen molar-refractivity contribution in [1.29, 1.82) is 0 Å². The van der Waals surface area contributed by atoms with Crippen LogP contribution >= 0.6 is 0 Å². The number of carbonyl (C=O) groups is 1. The van der Waals surface area contributed by atoms with Crippen molar-refractivity contribution >= 4 is 11.6 Å². The molecule has 4 nitrogen and oxygen atoms in total. The molecular weight excluding hydrogens is 228 g/mol. The molecule has 0 aromatic heterocycles. The SMILES string of the molecule is CNCc1cccc(NC(=O)C2CCCCO2)c1. The largest absolute Gasteiger partial charge is 0.368 e. The fraction of sp³-hybridized carbons (Fsp3) is 0.500. The minimum atomic E-state index is -0.285. The molecule has 0 bridgehead atoms. The highest BCUT2D eigenvalue weighted by Crippen LogP contribution is 2.16. The van der Waals surface area contributed by atoms with Crippen molar-refractivity contribution in [3.8, 4) is 0 Å². The molecule has 0 radical (unpaired) electrons. The lowest BCUT2D eigenvalue weighted by Crippen LogP contribution is -2.33. The fourth-order valence-electron chi connectivity index (χ4n) is 2.13. The van der Waals surface area contributed by atoms with Crippen LogP contribution in [0.3, 0.4) is 0 Å². The standard InChI is InChI=1S/C14H20N2O2/c1-15-10-11-5-4-6-12(9-11)16-14(17)13-7-2-3-8-18-13/h4-6,9,13,15H,2-3,7-8,10H2,1H3,(H,16,17). The van der Waals surface area contributed by atoms with Gasteiger partial charge < -0.3 is 15.4 Å². The third-order valence-corrected chi connectivity index (χ3v) is 3.05. The summed E-state index contributed by atoms with van der Waals surface area (Å²) in [5.41, 5.74) is 1.99. The lowest BCUT2D eigenvalue weighted by Gasteiger charge is -2.21. The Morgan fingerprint density at radius 3 is 3.06 bits per heavy atom. The normalized spacial score (nSPS) is 19.5. The van der Waals surface area contributed by atoms with E-state index in [1.165, 1.54) is 0 Å². The molecule has 98 valence electrons. The van der Waals surface area contributed by atoms with Gasteiger partial charge in [-0.15, -0.1) is 0 Å². The molecule has 0 spiro atoms. The molecule has 2 rings (SSSR count). The predicted octanol–water partition coefficient (Wildman–Crippen LogP) is 1.91. The van der Waals surface area contributed by atoms with Gasteiger partial charge in [-0.1, -0.05) is 12.1 Å². The Morgan fingerprint density at radius 1 is 1.44 bits per heavy atom. The average molecular weight is 248 g/mol. The molecule has 1 aromatic carbocycles. The van der Waals surface area contributed by atoms with Gasteiger partial charge in [-0.05, 0) is 44.0 Å². The zero-order chi connectivity index (χ0) is 12.8. The molecule has 18 heavy (non-hydrogen) atoms. The molecule has 0 saturated carbocycles. The van der Waals surface area contributed by atoms with Crippen LogP contribution in [0.15, 0.2) is 24.3 Å². The highest BCUT2D eigenvalue weighted by Gasteiger charge is 2.21. The van der Waals surface area contributed by atoms with E-state index in [4.69, 9.17) is 4.74 Å². The fourth-order valence-corrected chi connectivity index (χ4v) is 2.13. The van der Waals surface area contributed by atoms with Gasteiger partial charge in [0.15, 0.2) is 0 Å². The number of hydrogen-bond acceptors (Lipinski definition) is 3. The first-order valence-corrected chi connectivity index (χ1v) is 6.45. The maximum absolute atomic E-state index is 12.0. The Labute approximate surface area is 108 Å². The van der Waals surface area contributed by atoms with Crippen LogP contribution in [-0.4, -0.2) is 25.7 Å².